The van der Waals surface area contributed by atoms with Gasteiger partial charge in [0.25, 0.3) is 0 Å². The van der Waals surface area contributed by atoms with Crippen LogP contribution in [-0.2, 0) is 11.3 Å². The Balaban J connectivity index is 1.44. The van der Waals surface area contributed by atoms with Gasteiger partial charge < -0.3 is 9.47 Å². The first-order valence-electron chi connectivity index (χ1n) is 8.17. The summed E-state index contributed by atoms with van der Waals surface area (Å²) in [5.74, 6) is 2.87. The van der Waals surface area contributed by atoms with Crippen LogP contribution in [0.15, 0.2) is 18.3 Å². The zero-order valence-electron chi connectivity index (χ0n) is 12.3. The van der Waals surface area contributed by atoms with Crippen LogP contribution in [0.5, 0.6) is 0 Å². The molecule has 2 fully saturated rings. The summed E-state index contributed by atoms with van der Waals surface area (Å²) in [6, 6.07) is 4.49. The molecule has 3 heteroatoms. The predicted octanol–water partition coefficient (Wildman–Crippen LogP) is 3.22. The lowest BCUT2D eigenvalue weighted by molar-refractivity contribution is -0.135. The summed E-state index contributed by atoms with van der Waals surface area (Å²) < 4.78 is 2.28. The summed E-state index contributed by atoms with van der Waals surface area (Å²) in [6.45, 7) is 4.00. The van der Waals surface area contributed by atoms with Crippen molar-refractivity contribution < 1.29 is 4.79 Å². The van der Waals surface area contributed by atoms with E-state index in [2.05, 4.69) is 34.7 Å². The lowest BCUT2D eigenvalue weighted by Crippen LogP contribution is -2.41. The van der Waals surface area contributed by atoms with Crippen LogP contribution in [0.1, 0.15) is 50.8 Å². The second-order valence-electron chi connectivity index (χ2n) is 7.03. The molecule has 2 heterocycles. The van der Waals surface area contributed by atoms with Gasteiger partial charge in [0.15, 0.2) is 0 Å². The van der Waals surface area contributed by atoms with Crippen molar-refractivity contribution in [3.05, 3.63) is 24.0 Å². The van der Waals surface area contributed by atoms with E-state index in [4.69, 9.17) is 0 Å². The van der Waals surface area contributed by atoms with Crippen LogP contribution in [0, 0.1) is 17.8 Å². The molecule has 0 N–H and O–H groups in total. The van der Waals surface area contributed by atoms with Gasteiger partial charge in [-0.3, -0.25) is 4.79 Å². The number of hydrogen-bond acceptors (Lipinski definition) is 1. The van der Waals surface area contributed by atoms with Crippen LogP contribution in [0.25, 0.3) is 0 Å². The Morgan fingerprint density at radius 3 is 2.95 bits per heavy atom. The summed E-state index contributed by atoms with van der Waals surface area (Å²) in [6.07, 6.45) is 8.44. The van der Waals surface area contributed by atoms with E-state index in [-0.39, 0.29) is 6.04 Å². The summed E-state index contributed by atoms with van der Waals surface area (Å²) in [5.41, 5.74) is 1.29. The van der Waals surface area contributed by atoms with Gasteiger partial charge in [-0.25, -0.2) is 0 Å². The third-order valence-corrected chi connectivity index (χ3v) is 5.98. The molecular formula is C17H24N2O. The van der Waals surface area contributed by atoms with Crippen molar-refractivity contribution in [3.8, 4) is 0 Å². The van der Waals surface area contributed by atoms with Crippen molar-refractivity contribution in [2.45, 2.75) is 51.6 Å². The van der Waals surface area contributed by atoms with Crippen LogP contribution >= 0.6 is 0 Å². The molecule has 0 unspecified atom stereocenters. The van der Waals surface area contributed by atoms with Gasteiger partial charge in [0.05, 0.1) is 6.04 Å². The van der Waals surface area contributed by atoms with Gasteiger partial charge >= 0.3 is 0 Å². The highest BCUT2D eigenvalue weighted by Crippen LogP contribution is 2.49. The maximum atomic E-state index is 12.7. The van der Waals surface area contributed by atoms with Gasteiger partial charge in [0, 0.05) is 31.4 Å². The molecule has 2 bridgehead atoms. The van der Waals surface area contributed by atoms with E-state index in [1.165, 1.54) is 31.4 Å². The molecule has 20 heavy (non-hydrogen) atoms. The zero-order valence-corrected chi connectivity index (χ0v) is 12.3. The van der Waals surface area contributed by atoms with E-state index in [0.717, 1.165) is 31.3 Å². The SMILES string of the molecule is C[C@@H]1c2cccn2CCN1C(=O)C[C@H]1C[C@H]2CC[C@H]1C2. The van der Waals surface area contributed by atoms with Crippen molar-refractivity contribution in [3.63, 3.8) is 0 Å². The van der Waals surface area contributed by atoms with Crippen molar-refractivity contribution in [2.75, 3.05) is 6.54 Å². The number of carbonyl (C=O) groups excluding carboxylic acids is 1. The molecule has 0 spiro atoms. The first kappa shape index (κ1) is 12.5. The van der Waals surface area contributed by atoms with Crippen LogP contribution in [0.2, 0.25) is 0 Å². The number of amides is 1. The Morgan fingerprint density at radius 2 is 2.20 bits per heavy atom. The Kier molecular flexibility index (Phi) is 2.90. The molecule has 0 saturated heterocycles. The van der Waals surface area contributed by atoms with Gasteiger partial charge in [0.2, 0.25) is 5.91 Å². The number of carbonyl (C=O) groups is 1. The van der Waals surface area contributed by atoms with E-state index in [1.807, 2.05) is 0 Å². The van der Waals surface area contributed by atoms with Crippen LogP contribution in [-0.4, -0.2) is 21.9 Å². The standard InChI is InChI=1S/C17H24N2O/c1-12-16-3-2-6-18(16)7-8-19(12)17(20)11-15-10-13-4-5-14(15)9-13/h2-3,6,12-15H,4-5,7-11H2,1H3/t12-,13+,14+,15-/m1/s1. The fourth-order valence-electron chi connectivity index (χ4n) is 4.89. The second-order valence-corrected chi connectivity index (χ2v) is 7.03. The molecule has 3 aliphatic rings. The predicted molar refractivity (Wildman–Crippen MR) is 78.1 cm³/mol. The molecule has 108 valence electrons. The zero-order chi connectivity index (χ0) is 13.7. The molecule has 1 aromatic rings. The number of fused-ring (bicyclic) bond motifs is 3. The molecule has 0 radical (unpaired) electrons. The highest BCUT2D eigenvalue weighted by atomic mass is 16.2. The van der Waals surface area contributed by atoms with E-state index < -0.39 is 0 Å². The molecule has 1 aromatic heterocycles. The molecular weight excluding hydrogens is 248 g/mol. The first-order valence-corrected chi connectivity index (χ1v) is 8.17. The number of rotatable bonds is 2. The second kappa shape index (κ2) is 4.64. The van der Waals surface area contributed by atoms with E-state index in [1.54, 1.807) is 0 Å². The molecule has 2 aliphatic carbocycles. The summed E-state index contributed by atoms with van der Waals surface area (Å²) in [7, 11) is 0. The van der Waals surface area contributed by atoms with Gasteiger partial charge in [-0.05, 0) is 56.1 Å². The van der Waals surface area contributed by atoms with Gasteiger partial charge in [0.1, 0.15) is 0 Å². The minimum Gasteiger partial charge on any atom is -0.348 e. The van der Waals surface area contributed by atoms with Crippen molar-refractivity contribution >= 4 is 5.91 Å². The van der Waals surface area contributed by atoms with Crippen LogP contribution in [0.3, 0.4) is 0 Å². The average Bonchev–Trinajstić information content (AvgIpc) is 3.14. The molecule has 0 aromatic carbocycles. The lowest BCUT2D eigenvalue weighted by Gasteiger charge is -2.36. The maximum Gasteiger partial charge on any atom is 0.223 e. The Bertz CT molecular complexity index is 521. The highest BCUT2D eigenvalue weighted by molar-refractivity contribution is 5.77. The molecule has 3 nitrogen and oxygen atoms in total. The minimum atomic E-state index is 0.241. The van der Waals surface area contributed by atoms with Gasteiger partial charge in [-0.1, -0.05) is 6.42 Å². The molecule has 1 aliphatic heterocycles. The monoisotopic (exact) mass is 272 g/mol. The lowest BCUT2D eigenvalue weighted by atomic mass is 9.86. The largest absolute Gasteiger partial charge is 0.348 e. The van der Waals surface area contributed by atoms with Crippen molar-refractivity contribution in [2.24, 2.45) is 17.8 Å². The van der Waals surface area contributed by atoms with E-state index >= 15 is 0 Å². The summed E-state index contributed by atoms with van der Waals surface area (Å²) >= 11 is 0. The summed E-state index contributed by atoms with van der Waals surface area (Å²) in [5, 5.41) is 0. The third-order valence-electron chi connectivity index (χ3n) is 5.98. The molecule has 1 amide bonds. The van der Waals surface area contributed by atoms with Crippen molar-refractivity contribution in [1.29, 1.82) is 0 Å². The topological polar surface area (TPSA) is 25.2 Å². The van der Waals surface area contributed by atoms with Crippen LogP contribution in [0.4, 0.5) is 0 Å². The fraction of sp³-hybridized carbons (Fsp3) is 0.706. The first-order chi connectivity index (χ1) is 9.72. The normalized spacial score (nSPS) is 35.4. The highest BCUT2D eigenvalue weighted by Gasteiger charge is 2.41. The van der Waals surface area contributed by atoms with Gasteiger partial charge in [-0.15, -0.1) is 0 Å². The Hall–Kier alpha value is -1.25. The van der Waals surface area contributed by atoms with Gasteiger partial charge in [-0.2, -0.15) is 0 Å². The Morgan fingerprint density at radius 1 is 1.30 bits per heavy atom. The quantitative estimate of drug-likeness (QED) is 0.811. The third kappa shape index (κ3) is 1.90. The number of hydrogen-bond donors (Lipinski definition) is 0. The summed E-state index contributed by atoms with van der Waals surface area (Å²) in [4.78, 5) is 14.8. The van der Waals surface area contributed by atoms with E-state index in [0.29, 0.717) is 11.8 Å². The minimum absolute atomic E-state index is 0.241. The van der Waals surface area contributed by atoms with E-state index in [9.17, 15) is 4.79 Å². The number of nitrogens with zero attached hydrogens (tertiary/aromatic N) is 2. The van der Waals surface area contributed by atoms with Crippen LogP contribution < -0.4 is 0 Å². The molecule has 4 rings (SSSR count). The molecule has 2 saturated carbocycles. The fourth-order valence-corrected chi connectivity index (χ4v) is 4.89. The Labute approximate surface area is 120 Å². The van der Waals surface area contributed by atoms with Crippen molar-refractivity contribution in [1.82, 2.24) is 9.47 Å². The maximum absolute atomic E-state index is 12.7. The number of aromatic nitrogens is 1. The smallest absolute Gasteiger partial charge is 0.223 e. The molecule has 4 atom stereocenters. The average molecular weight is 272 g/mol.